The molecule has 2 unspecified atom stereocenters. The van der Waals surface area contributed by atoms with E-state index in [2.05, 4.69) is 16.0 Å². The second-order valence-corrected chi connectivity index (χ2v) is 6.88. The van der Waals surface area contributed by atoms with E-state index in [4.69, 9.17) is 0 Å². The van der Waals surface area contributed by atoms with Crippen molar-refractivity contribution in [2.75, 3.05) is 13.1 Å². The summed E-state index contributed by atoms with van der Waals surface area (Å²) < 4.78 is 27.0. The first-order valence-electron chi connectivity index (χ1n) is 8.78. The lowest BCUT2D eigenvalue weighted by molar-refractivity contribution is -0.122. The molecule has 0 radical (unpaired) electrons. The number of rotatable bonds is 6. The van der Waals surface area contributed by atoms with E-state index in [1.54, 1.807) is 0 Å². The number of hydrogen-bond donors (Lipinski definition) is 3. The van der Waals surface area contributed by atoms with Crippen LogP contribution in [0.25, 0.3) is 0 Å². The fraction of sp³-hybridized carbons (Fsp3) is 0.556. The molecular weight excluding hydrogens is 328 g/mol. The van der Waals surface area contributed by atoms with Crippen molar-refractivity contribution in [2.24, 2.45) is 5.92 Å². The van der Waals surface area contributed by atoms with E-state index in [9.17, 15) is 18.4 Å². The molecule has 2 saturated heterocycles. The first kappa shape index (κ1) is 17.8. The lowest BCUT2D eigenvalue weighted by Crippen LogP contribution is -2.40. The van der Waals surface area contributed by atoms with Crippen molar-refractivity contribution in [1.82, 2.24) is 16.0 Å². The molecule has 2 atom stereocenters. The van der Waals surface area contributed by atoms with E-state index in [1.807, 2.05) is 0 Å². The number of hydrogen-bond acceptors (Lipinski definition) is 3. The van der Waals surface area contributed by atoms with Gasteiger partial charge in [-0.2, -0.15) is 0 Å². The monoisotopic (exact) mass is 351 g/mol. The number of halogens is 2. The zero-order valence-corrected chi connectivity index (χ0v) is 14.0. The highest BCUT2D eigenvalue weighted by atomic mass is 19.1. The molecule has 2 bridgehead atoms. The maximum absolute atomic E-state index is 13.5. The van der Waals surface area contributed by atoms with Crippen LogP contribution in [0.15, 0.2) is 18.2 Å². The number of piperidine rings is 1. The van der Waals surface area contributed by atoms with E-state index >= 15 is 0 Å². The molecular formula is C18H23F2N3O2. The van der Waals surface area contributed by atoms with Gasteiger partial charge in [0.2, 0.25) is 5.91 Å². The molecule has 3 rings (SSSR count). The van der Waals surface area contributed by atoms with Crippen LogP contribution in [0.3, 0.4) is 0 Å². The van der Waals surface area contributed by atoms with E-state index in [1.165, 1.54) is 18.9 Å². The topological polar surface area (TPSA) is 70.2 Å². The summed E-state index contributed by atoms with van der Waals surface area (Å²) >= 11 is 0. The van der Waals surface area contributed by atoms with Gasteiger partial charge in [-0.15, -0.1) is 0 Å². The SMILES string of the molecule is O=C(CC1CC2CCC(C1)N2)NCCNC(=O)c1c(F)cccc1F. The molecule has 25 heavy (non-hydrogen) atoms. The Kier molecular flexibility index (Phi) is 5.63. The second kappa shape index (κ2) is 7.91. The lowest BCUT2D eigenvalue weighted by atomic mass is 9.89. The van der Waals surface area contributed by atoms with Gasteiger partial charge in [0.05, 0.1) is 0 Å². The smallest absolute Gasteiger partial charge is 0.257 e. The molecule has 0 aliphatic carbocycles. The first-order valence-corrected chi connectivity index (χ1v) is 8.78. The van der Waals surface area contributed by atoms with Crippen molar-refractivity contribution in [3.05, 3.63) is 35.4 Å². The summed E-state index contributed by atoms with van der Waals surface area (Å²) in [6.45, 7) is 0.355. The van der Waals surface area contributed by atoms with Gasteiger partial charge in [0, 0.05) is 31.6 Å². The molecule has 0 aromatic heterocycles. The van der Waals surface area contributed by atoms with Crippen LogP contribution in [0.4, 0.5) is 8.78 Å². The van der Waals surface area contributed by atoms with E-state index in [-0.39, 0.29) is 19.0 Å². The van der Waals surface area contributed by atoms with Gasteiger partial charge in [0.25, 0.3) is 5.91 Å². The van der Waals surface area contributed by atoms with E-state index < -0.39 is 23.1 Å². The predicted molar refractivity (Wildman–Crippen MR) is 89.0 cm³/mol. The summed E-state index contributed by atoms with van der Waals surface area (Å²) in [5.41, 5.74) is -0.598. The number of nitrogens with one attached hydrogen (secondary N) is 3. The van der Waals surface area contributed by atoms with Crippen LogP contribution in [-0.2, 0) is 4.79 Å². The summed E-state index contributed by atoms with van der Waals surface area (Å²) in [7, 11) is 0. The van der Waals surface area contributed by atoms with Crippen LogP contribution in [0.5, 0.6) is 0 Å². The molecule has 2 heterocycles. The number of carbonyl (C=O) groups excluding carboxylic acids is 2. The van der Waals surface area contributed by atoms with Gasteiger partial charge in [0.1, 0.15) is 17.2 Å². The van der Waals surface area contributed by atoms with Gasteiger partial charge in [-0.05, 0) is 43.7 Å². The van der Waals surface area contributed by atoms with Crippen LogP contribution < -0.4 is 16.0 Å². The van der Waals surface area contributed by atoms with Crippen molar-refractivity contribution in [1.29, 1.82) is 0 Å². The molecule has 1 aromatic rings. The standard InChI is InChI=1S/C18H23F2N3O2/c19-14-2-1-3-15(20)17(14)18(25)22-7-6-21-16(24)10-11-8-12-4-5-13(9-11)23-12/h1-3,11-13,23H,4-10H2,(H,21,24)(H,22,25). The molecule has 2 fully saturated rings. The summed E-state index contributed by atoms with van der Waals surface area (Å²) in [5, 5.41) is 8.72. The highest BCUT2D eigenvalue weighted by molar-refractivity contribution is 5.94. The first-order chi connectivity index (χ1) is 12.0. The van der Waals surface area contributed by atoms with Gasteiger partial charge >= 0.3 is 0 Å². The largest absolute Gasteiger partial charge is 0.354 e. The van der Waals surface area contributed by atoms with E-state index in [0.717, 1.165) is 25.0 Å². The summed E-state index contributed by atoms with van der Waals surface area (Å²) in [6.07, 6.45) is 4.95. The minimum absolute atomic E-state index is 0.0439. The Hall–Kier alpha value is -2.02. The average molecular weight is 351 g/mol. The number of benzene rings is 1. The van der Waals surface area contributed by atoms with Crippen LogP contribution in [0.1, 0.15) is 42.5 Å². The van der Waals surface area contributed by atoms with Crippen molar-refractivity contribution in [3.63, 3.8) is 0 Å². The maximum atomic E-state index is 13.5. The highest BCUT2D eigenvalue weighted by Gasteiger charge is 2.34. The fourth-order valence-corrected chi connectivity index (χ4v) is 3.86. The Balaban J connectivity index is 1.37. The Morgan fingerprint density at radius 2 is 1.64 bits per heavy atom. The van der Waals surface area contributed by atoms with Crippen LogP contribution in [0, 0.1) is 17.6 Å². The fourth-order valence-electron chi connectivity index (χ4n) is 3.86. The zero-order chi connectivity index (χ0) is 17.8. The Morgan fingerprint density at radius 1 is 1.04 bits per heavy atom. The molecule has 5 nitrogen and oxygen atoms in total. The lowest BCUT2D eigenvalue weighted by Gasteiger charge is -2.28. The summed E-state index contributed by atoms with van der Waals surface area (Å²) in [4.78, 5) is 23.8. The van der Waals surface area contributed by atoms with E-state index in [0.29, 0.717) is 24.4 Å². The van der Waals surface area contributed by atoms with Gasteiger partial charge < -0.3 is 16.0 Å². The zero-order valence-electron chi connectivity index (χ0n) is 14.0. The van der Waals surface area contributed by atoms with Crippen LogP contribution in [-0.4, -0.2) is 37.0 Å². The molecule has 7 heteroatoms. The third-order valence-corrected chi connectivity index (χ3v) is 4.97. The summed E-state index contributed by atoms with van der Waals surface area (Å²) in [6, 6.07) is 4.37. The molecule has 1 aromatic carbocycles. The minimum Gasteiger partial charge on any atom is -0.354 e. The second-order valence-electron chi connectivity index (χ2n) is 6.88. The number of amides is 2. The molecule has 0 saturated carbocycles. The Bertz CT molecular complexity index is 621. The average Bonchev–Trinajstić information content (AvgIpc) is 2.90. The third-order valence-electron chi connectivity index (χ3n) is 4.97. The Labute approximate surface area is 145 Å². The van der Waals surface area contributed by atoms with Gasteiger partial charge in [0.15, 0.2) is 0 Å². The van der Waals surface area contributed by atoms with Crippen LogP contribution >= 0.6 is 0 Å². The molecule has 0 spiro atoms. The van der Waals surface area contributed by atoms with Crippen molar-refractivity contribution in [3.8, 4) is 0 Å². The quantitative estimate of drug-likeness (QED) is 0.684. The normalized spacial score (nSPS) is 24.8. The maximum Gasteiger partial charge on any atom is 0.257 e. The molecule has 2 amide bonds. The van der Waals surface area contributed by atoms with Crippen LogP contribution in [0.2, 0.25) is 0 Å². The number of fused-ring (bicyclic) bond motifs is 2. The van der Waals surface area contributed by atoms with Crippen molar-refractivity contribution < 1.29 is 18.4 Å². The third kappa shape index (κ3) is 4.54. The Morgan fingerprint density at radius 3 is 2.28 bits per heavy atom. The molecule has 2 aliphatic rings. The summed E-state index contributed by atoms with van der Waals surface area (Å²) in [5.74, 6) is -2.26. The number of carbonyl (C=O) groups is 2. The highest BCUT2D eigenvalue weighted by Crippen LogP contribution is 2.32. The molecule has 3 N–H and O–H groups in total. The molecule has 136 valence electrons. The van der Waals surface area contributed by atoms with Gasteiger partial charge in [-0.1, -0.05) is 6.07 Å². The van der Waals surface area contributed by atoms with Gasteiger partial charge in [-0.25, -0.2) is 8.78 Å². The minimum atomic E-state index is -0.901. The van der Waals surface area contributed by atoms with Crippen molar-refractivity contribution >= 4 is 11.8 Å². The molecule has 2 aliphatic heterocycles. The predicted octanol–water partition coefficient (Wildman–Crippen LogP) is 1.73. The van der Waals surface area contributed by atoms with Gasteiger partial charge in [-0.3, -0.25) is 9.59 Å². The van der Waals surface area contributed by atoms with Crippen molar-refractivity contribution in [2.45, 2.75) is 44.2 Å².